The third-order valence-corrected chi connectivity index (χ3v) is 12.5. The minimum atomic E-state index is -2.52. The first-order chi connectivity index (χ1) is 19.2. The molecule has 0 aliphatic carbocycles. The Balaban J connectivity index is 1.52. The fraction of sp³-hybridized carbons (Fsp3) is 0.0811. The van der Waals surface area contributed by atoms with Crippen LogP contribution in [0.5, 0.6) is 0 Å². The number of nitrogens with zero attached hydrogens (tertiary/aromatic N) is 1. The SMILES string of the molecule is CC(C)N(c1ccc([Si](c2ccccc2)(c2ccccc2)c2ccccc2)cc1)c1ccc2ccccc2c1. The van der Waals surface area contributed by atoms with E-state index in [1.54, 1.807) is 0 Å². The number of fused-ring (bicyclic) bond motifs is 1. The van der Waals surface area contributed by atoms with Crippen LogP contribution in [-0.2, 0) is 0 Å². The van der Waals surface area contributed by atoms with E-state index in [0.717, 1.165) is 0 Å². The Morgan fingerprint density at radius 2 is 0.821 bits per heavy atom. The highest BCUT2D eigenvalue weighted by molar-refractivity contribution is 7.19. The van der Waals surface area contributed by atoms with E-state index in [1.165, 1.54) is 42.9 Å². The van der Waals surface area contributed by atoms with E-state index in [9.17, 15) is 0 Å². The van der Waals surface area contributed by atoms with Crippen molar-refractivity contribution in [1.82, 2.24) is 0 Å². The standard InChI is InChI=1S/C37H33NSi/c1-29(2)38(33-23-22-30-14-12-13-15-31(30)28-33)32-24-26-37(27-25-32)39(34-16-6-3-7-17-34,35-18-8-4-9-19-35)36-20-10-5-11-21-36/h3-29H,1-2H3. The summed E-state index contributed by atoms with van der Waals surface area (Å²) < 4.78 is 0. The molecule has 0 heterocycles. The topological polar surface area (TPSA) is 3.24 Å². The van der Waals surface area contributed by atoms with Crippen LogP contribution in [0.4, 0.5) is 11.4 Å². The first-order valence-corrected chi connectivity index (χ1v) is 15.7. The molecular weight excluding hydrogens is 487 g/mol. The summed E-state index contributed by atoms with van der Waals surface area (Å²) in [5.41, 5.74) is 2.43. The molecular formula is C37H33NSi. The molecule has 0 fully saturated rings. The lowest BCUT2D eigenvalue weighted by Gasteiger charge is -2.35. The van der Waals surface area contributed by atoms with Crippen molar-refractivity contribution in [2.24, 2.45) is 0 Å². The lowest BCUT2D eigenvalue weighted by molar-refractivity contribution is 0.789. The molecule has 39 heavy (non-hydrogen) atoms. The van der Waals surface area contributed by atoms with E-state index in [1.807, 2.05) is 0 Å². The van der Waals surface area contributed by atoms with E-state index in [-0.39, 0.29) is 0 Å². The number of hydrogen-bond acceptors (Lipinski definition) is 1. The minimum absolute atomic E-state index is 0.316. The highest BCUT2D eigenvalue weighted by atomic mass is 28.3. The molecule has 0 unspecified atom stereocenters. The number of rotatable bonds is 7. The maximum absolute atomic E-state index is 2.52. The summed E-state index contributed by atoms with van der Waals surface area (Å²) in [5.74, 6) is 0. The van der Waals surface area contributed by atoms with Gasteiger partial charge in [-0.3, -0.25) is 0 Å². The average Bonchev–Trinajstić information content (AvgIpc) is 3.00. The van der Waals surface area contributed by atoms with Crippen LogP contribution in [0.2, 0.25) is 0 Å². The van der Waals surface area contributed by atoms with E-state index in [0.29, 0.717) is 6.04 Å². The van der Waals surface area contributed by atoms with Crippen molar-refractivity contribution in [3.05, 3.63) is 158 Å². The Hall–Kier alpha value is -4.40. The number of benzene rings is 6. The lowest BCUT2D eigenvalue weighted by Crippen LogP contribution is -2.74. The maximum Gasteiger partial charge on any atom is 0.179 e. The van der Waals surface area contributed by atoms with Crippen LogP contribution in [0, 0.1) is 0 Å². The van der Waals surface area contributed by atoms with Gasteiger partial charge in [0.25, 0.3) is 0 Å². The van der Waals surface area contributed by atoms with Gasteiger partial charge in [0.1, 0.15) is 0 Å². The minimum Gasteiger partial charge on any atom is -0.339 e. The zero-order chi connectivity index (χ0) is 26.7. The highest BCUT2D eigenvalue weighted by Crippen LogP contribution is 2.30. The molecule has 0 amide bonds. The number of hydrogen-bond donors (Lipinski definition) is 0. The van der Waals surface area contributed by atoms with Gasteiger partial charge in [-0.15, -0.1) is 0 Å². The largest absolute Gasteiger partial charge is 0.339 e. The molecule has 190 valence electrons. The third-order valence-electron chi connectivity index (χ3n) is 7.73. The van der Waals surface area contributed by atoms with Gasteiger partial charge in [-0.25, -0.2) is 0 Å². The molecule has 0 aliphatic heterocycles. The predicted molar refractivity (Wildman–Crippen MR) is 171 cm³/mol. The molecule has 0 saturated heterocycles. The first kappa shape index (κ1) is 24.9. The van der Waals surface area contributed by atoms with Crippen LogP contribution in [-0.4, -0.2) is 14.1 Å². The molecule has 6 rings (SSSR count). The Morgan fingerprint density at radius 1 is 0.410 bits per heavy atom. The average molecular weight is 520 g/mol. The van der Waals surface area contributed by atoms with Gasteiger partial charge in [0.05, 0.1) is 0 Å². The fourth-order valence-corrected chi connectivity index (χ4v) is 10.8. The second kappa shape index (κ2) is 10.8. The zero-order valence-electron chi connectivity index (χ0n) is 22.5. The van der Waals surface area contributed by atoms with Crippen LogP contribution in [0.1, 0.15) is 13.8 Å². The van der Waals surface area contributed by atoms with Crippen molar-refractivity contribution in [3.63, 3.8) is 0 Å². The van der Waals surface area contributed by atoms with Gasteiger partial charge in [-0.1, -0.05) is 133 Å². The summed E-state index contributed by atoms with van der Waals surface area (Å²) in [6, 6.07) is 58.4. The molecule has 6 aromatic rings. The van der Waals surface area contributed by atoms with Crippen LogP contribution < -0.4 is 25.6 Å². The van der Waals surface area contributed by atoms with Crippen molar-refractivity contribution in [2.45, 2.75) is 19.9 Å². The Labute approximate surface area is 233 Å². The van der Waals surface area contributed by atoms with E-state index < -0.39 is 8.07 Å². The molecule has 0 aromatic heterocycles. The predicted octanol–water partition coefficient (Wildman–Crippen LogP) is 6.76. The Bertz CT molecular complexity index is 1560. The molecule has 6 aromatic carbocycles. The van der Waals surface area contributed by atoms with Gasteiger partial charge < -0.3 is 4.90 Å². The quantitative estimate of drug-likeness (QED) is 0.166. The molecule has 0 aliphatic rings. The van der Waals surface area contributed by atoms with E-state index in [4.69, 9.17) is 0 Å². The normalized spacial score (nSPS) is 11.6. The monoisotopic (exact) mass is 519 g/mol. The van der Waals surface area contributed by atoms with Crippen LogP contribution in [0.15, 0.2) is 158 Å². The molecule has 0 bridgehead atoms. The van der Waals surface area contributed by atoms with Crippen LogP contribution in [0.3, 0.4) is 0 Å². The smallest absolute Gasteiger partial charge is 0.179 e. The van der Waals surface area contributed by atoms with Crippen molar-refractivity contribution in [1.29, 1.82) is 0 Å². The summed E-state index contributed by atoms with van der Waals surface area (Å²) in [4.78, 5) is 2.44. The molecule has 0 spiro atoms. The summed E-state index contributed by atoms with van der Waals surface area (Å²) >= 11 is 0. The van der Waals surface area contributed by atoms with Crippen molar-refractivity contribution in [3.8, 4) is 0 Å². The Kier molecular flexibility index (Phi) is 6.87. The summed E-state index contributed by atoms with van der Waals surface area (Å²) in [5, 5.41) is 8.10. The van der Waals surface area contributed by atoms with Crippen LogP contribution >= 0.6 is 0 Å². The third kappa shape index (κ3) is 4.58. The van der Waals surface area contributed by atoms with Gasteiger partial charge in [0, 0.05) is 17.4 Å². The van der Waals surface area contributed by atoms with Crippen LogP contribution in [0.25, 0.3) is 10.8 Å². The molecule has 0 saturated carbocycles. The molecule has 0 radical (unpaired) electrons. The molecule has 2 heteroatoms. The van der Waals surface area contributed by atoms with E-state index in [2.05, 4.69) is 176 Å². The van der Waals surface area contributed by atoms with Crippen molar-refractivity contribution >= 4 is 51.0 Å². The first-order valence-electron chi connectivity index (χ1n) is 13.7. The van der Waals surface area contributed by atoms with Gasteiger partial charge in [-0.2, -0.15) is 0 Å². The van der Waals surface area contributed by atoms with Gasteiger partial charge in [-0.05, 0) is 69.6 Å². The van der Waals surface area contributed by atoms with Crippen molar-refractivity contribution < 1.29 is 0 Å². The summed E-state index contributed by atoms with van der Waals surface area (Å²) in [6.07, 6.45) is 0. The molecule has 0 N–H and O–H groups in total. The lowest BCUT2D eigenvalue weighted by atomic mass is 10.1. The second-order valence-corrected chi connectivity index (χ2v) is 14.2. The summed E-state index contributed by atoms with van der Waals surface area (Å²) in [7, 11) is -2.52. The zero-order valence-corrected chi connectivity index (χ0v) is 23.5. The van der Waals surface area contributed by atoms with Gasteiger partial charge in [0.2, 0.25) is 0 Å². The number of anilines is 2. The van der Waals surface area contributed by atoms with Crippen molar-refractivity contribution in [2.75, 3.05) is 4.90 Å². The summed E-state index contributed by atoms with van der Waals surface area (Å²) in [6.45, 7) is 4.53. The van der Waals surface area contributed by atoms with Gasteiger partial charge >= 0.3 is 0 Å². The maximum atomic E-state index is 2.44. The highest BCUT2D eigenvalue weighted by Gasteiger charge is 2.41. The Morgan fingerprint density at radius 3 is 1.31 bits per heavy atom. The van der Waals surface area contributed by atoms with Gasteiger partial charge in [0.15, 0.2) is 8.07 Å². The fourth-order valence-electron chi connectivity index (χ4n) is 6.01. The molecule has 0 atom stereocenters. The molecule has 1 nitrogen and oxygen atoms in total. The van der Waals surface area contributed by atoms with E-state index >= 15 is 0 Å². The second-order valence-electron chi connectivity index (χ2n) is 10.4.